The van der Waals surface area contributed by atoms with Gasteiger partial charge in [0.05, 0.1) is 6.61 Å². The van der Waals surface area contributed by atoms with Gasteiger partial charge in [0.2, 0.25) is 0 Å². The molecular weight excluding hydrogens is 304 g/mol. The number of rotatable bonds is 6. The largest absolute Gasteiger partial charge is 0.383 e. The number of methoxy groups -OCH3 is 1. The summed E-state index contributed by atoms with van der Waals surface area (Å²) in [5.74, 6) is 0.796. The van der Waals surface area contributed by atoms with Crippen molar-refractivity contribution in [2.75, 3.05) is 25.6 Å². The second kappa shape index (κ2) is 7.72. The fraction of sp³-hybridized carbons (Fsp3) is 0.267. The highest BCUT2D eigenvalue weighted by Crippen LogP contribution is 2.18. The Bertz CT molecular complexity index is 646. The Morgan fingerprint density at radius 2 is 2.00 bits per heavy atom. The molecule has 2 aromatic rings. The minimum Gasteiger partial charge on any atom is -0.383 e. The van der Waals surface area contributed by atoms with E-state index in [1.165, 1.54) is 0 Å². The molecule has 2 N–H and O–H groups in total. The molecule has 116 valence electrons. The summed E-state index contributed by atoms with van der Waals surface area (Å²) in [7, 11) is 1.58. The maximum atomic E-state index is 12.0. The Morgan fingerprint density at radius 1 is 1.27 bits per heavy atom. The van der Waals surface area contributed by atoms with Gasteiger partial charge in [0.15, 0.2) is 0 Å². The summed E-state index contributed by atoms with van der Waals surface area (Å²) in [6.07, 6.45) is 0. The SMILES string of the molecule is COCCNC(=O)c1cc(Nc2ccc(Cl)cc2)nc(C)n1. The number of nitrogens with one attached hydrogen (secondary N) is 2. The van der Waals surface area contributed by atoms with Crippen molar-refractivity contribution in [1.82, 2.24) is 15.3 Å². The molecule has 0 unspecified atom stereocenters. The number of aromatic nitrogens is 2. The highest BCUT2D eigenvalue weighted by Gasteiger charge is 2.10. The molecule has 1 aromatic carbocycles. The average molecular weight is 321 g/mol. The normalized spacial score (nSPS) is 10.3. The first-order chi connectivity index (χ1) is 10.6. The number of nitrogens with zero attached hydrogens (tertiary/aromatic N) is 2. The number of carbonyl (C=O) groups is 1. The van der Waals surface area contributed by atoms with Gasteiger partial charge in [-0.25, -0.2) is 9.97 Å². The lowest BCUT2D eigenvalue weighted by Crippen LogP contribution is -2.28. The minimum absolute atomic E-state index is 0.262. The van der Waals surface area contributed by atoms with Gasteiger partial charge in [0, 0.05) is 30.4 Å². The van der Waals surface area contributed by atoms with Crippen LogP contribution in [0.4, 0.5) is 11.5 Å². The minimum atomic E-state index is -0.262. The zero-order valence-electron chi connectivity index (χ0n) is 12.4. The summed E-state index contributed by atoms with van der Waals surface area (Å²) < 4.78 is 4.89. The molecule has 0 fully saturated rings. The van der Waals surface area contributed by atoms with Crippen molar-refractivity contribution in [2.45, 2.75) is 6.92 Å². The molecule has 0 aliphatic rings. The molecule has 0 saturated heterocycles. The predicted octanol–water partition coefficient (Wildman–Crippen LogP) is 2.56. The lowest BCUT2D eigenvalue weighted by atomic mass is 10.3. The fourth-order valence-corrected chi connectivity index (χ4v) is 1.91. The average Bonchev–Trinajstić information content (AvgIpc) is 2.49. The van der Waals surface area contributed by atoms with Gasteiger partial charge < -0.3 is 15.4 Å². The van der Waals surface area contributed by atoms with E-state index in [0.29, 0.717) is 35.5 Å². The van der Waals surface area contributed by atoms with Crippen LogP contribution in [0.3, 0.4) is 0 Å². The van der Waals surface area contributed by atoms with E-state index in [4.69, 9.17) is 16.3 Å². The number of ether oxygens (including phenoxy) is 1. The topological polar surface area (TPSA) is 76.1 Å². The lowest BCUT2D eigenvalue weighted by molar-refractivity contribution is 0.0932. The van der Waals surface area contributed by atoms with E-state index in [9.17, 15) is 4.79 Å². The van der Waals surface area contributed by atoms with Gasteiger partial charge in [-0.2, -0.15) is 0 Å². The molecule has 0 bridgehead atoms. The maximum absolute atomic E-state index is 12.0. The number of aryl methyl sites for hydroxylation is 1. The summed E-state index contributed by atoms with van der Waals surface area (Å²) in [4.78, 5) is 20.4. The van der Waals surface area contributed by atoms with Crippen molar-refractivity contribution >= 4 is 29.0 Å². The van der Waals surface area contributed by atoms with Crippen LogP contribution in [-0.2, 0) is 4.74 Å². The fourth-order valence-electron chi connectivity index (χ4n) is 1.79. The Balaban J connectivity index is 2.12. The van der Waals surface area contributed by atoms with Crippen LogP contribution >= 0.6 is 11.6 Å². The van der Waals surface area contributed by atoms with Crippen molar-refractivity contribution in [3.63, 3.8) is 0 Å². The third-order valence-corrected chi connectivity index (χ3v) is 3.03. The number of hydrogen-bond donors (Lipinski definition) is 2. The van der Waals surface area contributed by atoms with Crippen LogP contribution < -0.4 is 10.6 Å². The maximum Gasteiger partial charge on any atom is 0.270 e. The first-order valence-corrected chi connectivity index (χ1v) is 7.11. The van der Waals surface area contributed by atoms with Gasteiger partial charge in [0.25, 0.3) is 5.91 Å². The zero-order chi connectivity index (χ0) is 15.9. The Kier molecular flexibility index (Phi) is 5.68. The van der Waals surface area contributed by atoms with E-state index in [1.54, 1.807) is 32.2 Å². The number of amides is 1. The quantitative estimate of drug-likeness (QED) is 0.800. The molecule has 22 heavy (non-hydrogen) atoms. The summed E-state index contributed by atoms with van der Waals surface area (Å²) in [6, 6.07) is 8.81. The van der Waals surface area contributed by atoms with Crippen LogP contribution in [-0.4, -0.2) is 36.1 Å². The van der Waals surface area contributed by atoms with Gasteiger partial charge >= 0.3 is 0 Å². The van der Waals surface area contributed by atoms with Crippen molar-refractivity contribution in [2.24, 2.45) is 0 Å². The molecule has 6 nitrogen and oxygen atoms in total. The Hall–Kier alpha value is -2.18. The summed E-state index contributed by atoms with van der Waals surface area (Å²) in [6.45, 7) is 2.61. The predicted molar refractivity (Wildman–Crippen MR) is 85.7 cm³/mol. The highest BCUT2D eigenvalue weighted by atomic mass is 35.5. The van der Waals surface area contributed by atoms with E-state index < -0.39 is 0 Å². The van der Waals surface area contributed by atoms with E-state index in [2.05, 4.69) is 20.6 Å². The molecule has 7 heteroatoms. The van der Waals surface area contributed by atoms with E-state index in [-0.39, 0.29) is 5.91 Å². The first-order valence-electron chi connectivity index (χ1n) is 6.74. The third kappa shape index (κ3) is 4.68. The number of halogens is 1. The van der Waals surface area contributed by atoms with Crippen LogP contribution in [0.2, 0.25) is 5.02 Å². The molecule has 0 radical (unpaired) electrons. The number of hydrogen-bond acceptors (Lipinski definition) is 5. The van der Waals surface area contributed by atoms with Crippen molar-refractivity contribution in [3.05, 3.63) is 46.9 Å². The molecule has 1 aromatic heterocycles. The van der Waals surface area contributed by atoms with E-state index in [0.717, 1.165) is 5.69 Å². The van der Waals surface area contributed by atoms with Crippen molar-refractivity contribution in [1.29, 1.82) is 0 Å². The zero-order valence-corrected chi connectivity index (χ0v) is 13.1. The van der Waals surface area contributed by atoms with Crippen LogP contribution in [0.1, 0.15) is 16.3 Å². The number of anilines is 2. The molecule has 2 rings (SSSR count). The van der Waals surface area contributed by atoms with Gasteiger partial charge in [-0.3, -0.25) is 4.79 Å². The third-order valence-electron chi connectivity index (χ3n) is 2.78. The number of carbonyl (C=O) groups excluding carboxylic acids is 1. The lowest BCUT2D eigenvalue weighted by Gasteiger charge is -2.09. The van der Waals surface area contributed by atoms with Crippen molar-refractivity contribution < 1.29 is 9.53 Å². The van der Waals surface area contributed by atoms with Gasteiger partial charge in [0.1, 0.15) is 17.3 Å². The summed E-state index contributed by atoms with van der Waals surface area (Å²) in [5.41, 5.74) is 1.13. The van der Waals surface area contributed by atoms with Crippen LogP contribution in [0.5, 0.6) is 0 Å². The standard InChI is InChI=1S/C15H17ClN4O2/c1-10-18-13(15(21)17-7-8-22-2)9-14(19-10)20-12-5-3-11(16)4-6-12/h3-6,9H,7-8H2,1-2H3,(H,17,21)(H,18,19,20). The van der Waals surface area contributed by atoms with Crippen LogP contribution in [0.15, 0.2) is 30.3 Å². The van der Waals surface area contributed by atoms with Crippen LogP contribution in [0, 0.1) is 6.92 Å². The van der Waals surface area contributed by atoms with E-state index in [1.807, 2.05) is 12.1 Å². The van der Waals surface area contributed by atoms with E-state index >= 15 is 0 Å². The van der Waals surface area contributed by atoms with Gasteiger partial charge in [-0.1, -0.05) is 11.6 Å². The molecule has 1 heterocycles. The van der Waals surface area contributed by atoms with Crippen LogP contribution in [0.25, 0.3) is 0 Å². The first kappa shape index (κ1) is 16.2. The summed E-state index contributed by atoms with van der Waals surface area (Å²) in [5, 5.41) is 6.50. The Labute approximate surface area is 133 Å². The molecule has 0 atom stereocenters. The molecular formula is C15H17ClN4O2. The highest BCUT2D eigenvalue weighted by molar-refractivity contribution is 6.30. The monoisotopic (exact) mass is 320 g/mol. The molecule has 0 spiro atoms. The Morgan fingerprint density at radius 3 is 2.68 bits per heavy atom. The molecule has 1 amide bonds. The van der Waals surface area contributed by atoms with Gasteiger partial charge in [-0.15, -0.1) is 0 Å². The van der Waals surface area contributed by atoms with Gasteiger partial charge in [-0.05, 0) is 31.2 Å². The molecule has 0 aliphatic carbocycles. The van der Waals surface area contributed by atoms with Crippen molar-refractivity contribution in [3.8, 4) is 0 Å². The smallest absolute Gasteiger partial charge is 0.270 e. The molecule has 0 saturated carbocycles. The number of benzene rings is 1. The second-order valence-electron chi connectivity index (χ2n) is 4.57. The molecule has 0 aliphatic heterocycles. The summed E-state index contributed by atoms with van der Waals surface area (Å²) >= 11 is 5.85. The second-order valence-corrected chi connectivity index (χ2v) is 5.00.